The van der Waals surface area contributed by atoms with E-state index in [1.54, 1.807) is 29.5 Å². The van der Waals surface area contributed by atoms with Gasteiger partial charge in [0.1, 0.15) is 28.8 Å². The molecule has 0 radical (unpaired) electrons. The Bertz CT molecular complexity index is 2150. The summed E-state index contributed by atoms with van der Waals surface area (Å²) < 4.78 is 13.7. The maximum Gasteiger partial charge on any atom is 0.265 e. The van der Waals surface area contributed by atoms with Crippen molar-refractivity contribution in [2.75, 3.05) is 26.4 Å². The summed E-state index contributed by atoms with van der Waals surface area (Å²) in [4.78, 5) is 58.6. The third-order valence-electron chi connectivity index (χ3n) is 9.79. The van der Waals surface area contributed by atoms with Gasteiger partial charge in [-0.3, -0.25) is 33.6 Å². The number of nitrogens with one attached hydrogen (secondary N) is 2. The first-order chi connectivity index (χ1) is 26.0. The number of aromatic nitrogens is 3. The topological polar surface area (TPSA) is 177 Å². The SMILES string of the molecule is Cc1sc2c(c1C)C(c1ccc(Cl)cc1)=N[C@@H](CC(=O)NCCCOCCCOc1cccc3c1C(=O)N(C1CCC(=O)NC1O)C3=O)c1nnc(C)n1-2. The van der Waals surface area contributed by atoms with E-state index in [4.69, 9.17) is 26.1 Å². The minimum Gasteiger partial charge on any atom is -0.493 e. The Balaban J connectivity index is 0.888. The zero-order valence-corrected chi connectivity index (χ0v) is 31.6. The molecule has 54 heavy (non-hydrogen) atoms. The number of aliphatic hydroxyl groups excluding tert-OH is 1. The predicted octanol–water partition coefficient (Wildman–Crippen LogP) is 4.37. The van der Waals surface area contributed by atoms with Crippen LogP contribution in [-0.2, 0) is 14.3 Å². The summed E-state index contributed by atoms with van der Waals surface area (Å²) >= 11 is 7.87. The van der Waals surface area contributed by atoms with Crippen molar-refractivity contribution in [3.8, 4) is 10.8 Å². The number of hydrogen-bond donors (Lipinski definition) is 3. The van der Waals surface area contributed by atoms with Crippen LogP contribution >= 0.6 is 22.9 Å². The molecule has 0 bridgehead atoms. The van der Waals surface area contributed by atoms with Gasteiger partial charge in [0.05, 0.1) is 35.9 Å². The summed E-state index contributed by atoms with van der Waals surface area (Å²) in [5.41, 5.74) is 4.17. The Morgan fingerprint density at radius 2 is 1.80 bits per heavy atom. The number of piperidine rings is 1. The van der Waals surface area contributed by atoms with E-state index in [-0.39, 0.29) is 54.6 Å². The molecular weight excluding hydrogens is 734 g/mol. The van der Waals surface area contributed by atoms with Gasteiger partial charge in [0, 0.05) is 53.6 Å². The quantitative estimate of drug-likeness (QED) is 0.132. The Morgan fingerprint density at radius 1 is 1.02 bits per heavy atom. The molecule has 282 valence electrons. The van der Waals surface area contributed by atoms with Crippen LogP contribution in [0.15, 0.2) is 47.5 Å². The van der Waals surface area contributed by atoms with Gasteiger partial charge >= 0.3 is 0 Å². The molecule has 1 saturated heterocycles. The Kier molecular flexibility index (Phi) is 10.9. The van der Waals surface area contributed by atoms with Gasteiger partial charge in [0.15, 0.2) is 5.82 Å². The highest BCUT2D eigenvalue weighted by atomic mass is 35.5. The van der Waals surface area contributed by atoms with E-state index < -0.39 is 30.1 Å². The summed E-state index contributed by atoms with van der Waals surface area (Å²) in [6, 6.07) is 11.0. The van der Waals surface area contributed by atoms with Crippen LogP contribution in [0.4, 0.5) is 0 Å². The minimum absolute atomic E-state index is 0.0905. The number of halogens is 1. The molecule has 16 heteroatoms. The van der Waals surface area contributed by atoms with E-state index >= 15 is 0 Å². The van der Waals surface area contributed by atoms with Crippen molar-refractivity contribution in [3.05, 3.63) is 91.8 Å². The third kappa shape index (κ3) is 7.28. The molecule has 5 heterocycles. The van der Waals surface area contributed by atoms with Crippen LogP contribution in [0.1, 0.15) is 92.1 Å². The van der Waals surface area contributed by atoms with Gasteiger partial charge in [-0.15, -0.1) is 21.5 Å². The lowest BCUT2D eigenvalue weighted by atomic mass is 9.99. The number of aliphatic imine (C=N–C) groups is 1. The number of ether oxygens (including phenoxy) is 2. The van der Waals surface area contributed by atoms with E-state index in [9.17, 15) is 24.3 Å². The monoisotopic (exact) mass is 773 g/mol. The maximum atomic E-state index is 13.3. The second-order valence-electron chi connectivity index (χ2n) is 13.4. The lowest BCUT2D eigenvalue weighted by Crippen LogP contribution is -2.57. The van der Waals surface area contributed by atoms with Crippen molar-refractivity contribution in [2.45, 2.75) is 71.2 Å². The van der Waals surface area contributed by atoms with Gasteiger partial charge in [-0.05, 0) is 63.4 Å². The Morgan fingerprint density at radius 3 is 2.57 bits per heavy atom. The number of aliphatic hydroxyl groups is 1. The molecule has 0 spiro atoms. The van der Waals surface area contributed by atoms with Gasteiger partial charge in [-0.2, -0.15) is 0 Å². The molecule has 14 nitrogen and oxygen atoms in total. The summed E-state index contributed by atoms with van der Waals surface area (Å²) in [6.07, 6.45) is 0.157. The van der Waals surface area contributed by atoms with E-state index in [0.717, 1.165) is 38.1 Å². The number of carbonyl (C=O) groups excluding carboxylic acids is 4. The number of imide groups is 1. The van der Waals surface area contributed by atoms with Crippen molar-refractivity contribution in [1.82, 2.24) is 30.3 Å². The number of aryl methyl sites for hydroxylation is 2. The molecule has 0 aliphatic carbocycles. The first-order valence-corrected chi connectivity index (χ1v) is 19.0. The van der Waals surface area contributed by atoms with Crippen LogP contribution in [0.2, 0.25) is 5.02 Å². The Labute approximate surface area is 320 Å². The normalized spacial score (nSPS) is 19.1. The number of fused-ring (bicyclic) bond motifs is 4. The van der Waals surface area contributed by atoms with Crippen LogP contribution in [-0.4, -0.2) is 92.7 Å². The second-order valence-corrected chi connectivity index (χ2v) is 15.0. The van der Waals surface area contributed by atoms with E-state index in [0.29, 0.717) is 43.4 Å². The maximum absolute atomic E-state index is 13.3. The zero-order valence-electron chi connectivity index (χ0n) is 30.1. The molecule has 4 amide bonds. The molecule has 1 fully saturated rings. The molecule has 2 aromatic carbocycles. The van der Waals surface area contributed by atoms with Crippen molar-refractivity contribution in [3.63, 3.8) is 0 Å². The average molecular weight is 774 g/mol. The third-order valence-corrected chi connectivity index (χ3v) is 11.2. The van der Waals surface area contributed by atoms with Crippen molar-refractivity contribution < 1.29 is 33.8 Å². The number of thiophene rings is 1. The molecule has 7 rings (SSSR count). The van der Waals surface area contributed by atoms with Gasteiger partial charge in [0.25, 0.3) is 11.8 Å². The fourth-order valence-electron chi connectivity index (χ4n) is 6.96. The number of nitrogens with zero attached hydrogens (tertiary/aromatic N) is 5. The highest BCUT2D eigenvalue weighted by Gasteiger charge is 2.46. The van der Waals surface area contributed by atoms with Gasteiger partial charge in [0.2, 0.25) is 11.8 Å². The van der Waals surface area contributed by atoms with Crippen molar-refractivity contribution in [1.29, 1.82) is 0 Å². The van der Waals surface area contributed by atoms with Crippen LogP contribution in [0, 0.1) is 20.8 Å². The smallest absolute Gasteiger partial charge is 0.265 e. The fourth-order valence-corrected chi connectivity index (χ4v) is 8.30. The summed E-state index contributed by atoms with van der Waals surface area (Å²) in [7, 11) is 0. The largest absolute Gasteiger partial charge is 0.493 e. The number of hydrogen-bond acceptors (Lipinski definition) is 11. The molecule has 2 aromatic heterocycles. The van der Waals surface area contributed by atoms with Crippen LogP contribution < -0.4 is 15.4 Å². The number of carbonyl (C=O) groups is 4. The first kappa shape index (κ1) is 37.4. The van der Waals surface area contributed by atoms with Crippen molar-refractivity contribution in [2.24, 2.45) is 4.99 Å². The molecule has 3 aliphatic rings. The number of amides is 4. The summed E-state index contributed by atoms with van der Waals surface area (Å²) in [6.45, 7) is 7.53. The number of benzene rings is 2. The van der Waals surface area contributed by atoms with E-state index in [1.807, 2.05) is 35.8 Å². The van der Waals surface area contributed by atoms with Crippen molar-refractivity contribution >= 4 is 52.3 Å². The van der Waals surface area contributed by atoms with E-state index in [1.165, 1.54) is 4.88 Å². The average Bonchev–Trinajstić information content (AvgIpc) is 3.72. The number of rotatable bonds is 13. The molecule has 4 aromatic rings. The highest BCUT2D eigenvalue weighted by Crippen LogP contribution is 2.40. The van der Waals surface area contributed by atoms with Gasteiger partial charge < -0.3 is 25.2 Å². The molecule has 3 atom stereocenters. The summed E-state index contributed by atoms with van der Waals surface area (Å²) in [5, 5.41) is 26.1. The molecule has 0 saturated carbocycles. The molecule has 2 unspecified atom stereocenters. The molecule has 3 aliphatic heterocycles. The first-order valence-electron chi connectivity index (χ1n) is 17.9. The Hall–Kier alpha value is -4.96. The van der Waals surface area contributed by atoms with Crippen LogP contribution in [0.3, 0.4) is 0 Å². The highest BCUT2D eigenvalue weighted by molar-refractivity contribution is 7.15. The van der Waals surface area contributed by atoms with Crippen LogP contribution in [0.5, 0.6) is 5.75 Å². The van der Waals surface area contributed by atoms with Gasteiger partial charge in [-0.25, -0.2) is 0 Å². The zero-order chi connectivity index (χ0) is 38.1. The predicted molar refractivity (Wildman–Crippen MR) is 201 cm³/mol. The lowest BCUT2D eigenvalue weighted by molar-refractivity contribution is -0.129. The minimum atomic E-state index is -1.33. The molecular formula is C38H40ClN7O7S. The molecule has 3 N–H and O–H groups in total. The lowest BCUT2D eigenvalue weighted by Gasteiger charge is -2.33. The van der Waals surface area contributed by atoms with Gasteiger partial charge in [-0.1, -0.05) is 29.8 Å². The van der Waals surface area contributed by atoms with E-state index in [2.05, 4.69) is 34.7 Å². The standard InChI is InChI=1S/C38H40ClN7O7S/c1-20-21(2)54-38-31(20)33(23-9-11-24(39)12-10-23)41-26(34-44-43-22(3)45(34)38)19-30(48)40-15-5-16-52-17-6-18-53-28-8-4-7-25-32(28)37(51)46(36(25)50)27-13-14-29(47)42-35(27)49/h4,7-12,26-27,35,49H,5-6,13-19H2,1-3H3,(H,40,48)(H,42,47)/t26-,27?,35?/m0/s1. The summed E-state index contributed by atoms with van der Waals surface area (Å²) in [5.74, 6) is 0.0360. The van der Waals surface area contributed by atoms with Crippen LogP contribution in [0.25, 0.3) is 5.00 Å². The second kappa shape index (κ2) is 15.8. The fraction of sp³-hybridized carbons (Fsp3) is 0.395.